The molecule has 1 N–H and O–H groups in total. The number of aliphatic hydroxyl groups excluding tert-OH is 1. The largest absolute Gasteiger partial charge is 0.393 e. The topological polar surface area (TPSA) is 66.3 Å². The van der Waals surface area contributed by atoms with Crippen molar-refractivity contribution in [3.05, 3.63) is 47.4 Å². The molecule has 3 rings (SSSR count). The van der Waals surface area contributed by atoms with Crippen LogP contribution in [0, 0.1) is 0 Å². The molecule has 2 aromatic rings. The molecule has 0 saturated carbocycles. The van der Waals surface area contributed by atoms with Gasteiger partial charge in [0.1, 0.15) is 12.0 Å². The van der Waals surface area contributed by atoms with Gasteiger partial charge in [-0.1, -0.05) is 23.7 Å². The molecule has 114 valence electrons. The van der Waals surface area contributed by atoms with Gasteiger partial charge in [-0.05, 0) is 31.0 Å². The van der Waals surface area contributed by atoms with Gasteiger partial charge in [-0.2, -0.15) is 0 Å². The number of nitrogens with zero attached hydrogens (tertiary/aromatic N) is 3. The molecule has 6 heteroatoms. The molecule has 1 amide bonds. The van der Waals surface area contributed by atoms with E-state index in [4.69, 9.17) is 11.6 Å². The summed E-state index contributed by atoms with van der Waals surface area (Å²) in [6, 6.07) is 9.00. The normalized spacial score (nSPS) is 15.8. The van der Waals surface area contributed by atoms with E-state index in [1.807, 2.05) is 12.1 Å². The lowest BCUT2D eigenvalue weighted by Gasteiger charge is -2.29. The van der Waals surface area contributed by atoms with Crippen LogP contribution in [0.5, 0.6) is 0 Å². The highest BCUT2D eigenvalue weighted by atomic mass is 35.5. The third-order valence-electron chi connectivity index (χ3n) is 3.76. The molecular formula is C16H16ClN3O2. The number of carbonyl (C=O) groups excluding carboxylic acids is 1. The van der Waals surface area contributed by atoms with E-state index in [1.54, 1.807) is 23.1 Å². The number of benzene rings is 1. The fraction of sp³-hybridized carbons (Fsp3) is 0.312. The predicted octanol–water partition coefficient (Wildman–Crippen LogP) is 2.39. The van der Waals surface area contributed by atoms with Gasteiger partial charge >= 0.3 is 0 Å². The highest BCUT2D eigenvalue weighted by molar-refractivity contribution is 6.30. The van der Waals surface area contributed by atoms with E-state index in [2.05, 4.69) is 9.97 Å². The third-order valence-corrected chi connectivity index (χ3v) is 3.99. The Hall–Kier alpha value is -1.98. The van der Waals surface area contributed by atoms with Gasteiger partial charge in [-0.15, -0.1) is 0 Å². The van der Waals surface area contributed by atoms with Crippen LogP contribution in [0.25, 0.3) is 11.3 Å². The first-order chi connectivity index (χ1) is 10.6. The minimum Gasteiger partial charge on any atom is -0.393 e. The number of hydrogen-bond acceptors (Lipinski definition) is 4. The third kappa shape index (κ3) is 3.26. The average Bonchev–Trinajstić information content (AvgIpc) is 2.55. The number of amides is 1. The Bertz CT molecular complexity index is 685. The van der Waals surface area contributed by atoms with Crippen LogP contribution >= 0.6 is 11.6 Å². The highest BCUT2D eigenvalue weighted by Gasteiger charge is 2.23. The molecule has 1 saturated heterocycles. The second-order valence-electron chi connectivity index (χ2n) is 5.32. The van der Waals surface area contributed by atoms with Gasteiger partial charge in [0.2, 0.25) is 0 Å². The van der Waals surface area contributed by atoms with Crippen LogP contribution in [0.15, 0.2) is 36.7 Å². The maximum Gasteiger partial charge on any atom is 0.272 e. The summed E-state index contributed by atoms with van der Waals surface area (Å²) in [6.07, 6.45) is 2.30. The molecule has 1 aromatic carbocycles. The van der Waals surface area contributed by atoms with Gasteiger partial charge in [-0.25, -0.2) is 9.97 Å². The second kappa shape index (κ2) is 6.42. The van der Waals surface area contributed by atoms with Gasteiger partial charge in [0.15, 0.2) is 0 Å². The Morgan fingerprint density at radius 2 is 2.00 bits per heavy atom. The molecule has 1 aliphatic rings. The number of hydrogen-bond donors (Lipinski definition) is 1. The van der Waals surface area contributed by atoms with Gasteiger partial charge in [0.05, 0.1) is 11.8 Å². The van der Waals surface area contributed by atoms with Crippen molar-refractivity contribution in [1.29, 1.82) is 0 Å². The zero-order valence-corrected chi connectivity index (χ0v) is 12.7. The fourth-order valence-electron chi connectivity index (χ4n) is 2.51. The van der Waals surface area contributed by atoms with Crippen LogP contribution in [0.3, 0.4) is 0 Å². The van der Waals surface area contributed by atoms with Gasteiger partial charge in [0.25, 0.3) is 5.91 Å². The lowest BCUT2D eigenvalue weighted by molar-refractivity contribution is 0.0541. The molecular weight excluding hydrogens is 302 g/mol. The summed E-state index contributed by atoms with van der Waals surface area (Å²) >= 11 is 5.99. The van der Waals surface area contributed by atoms with Crippen molar-refractivity contribution in [2.75, 3.05) is 13.1 Å². The maximum absolute atomic E-state index is 12.5. The first-order valence-electron chi connectivity index (χ1n) is 7.19. The van der Waals surface area contributed by atoms with Crippen molar-refractivity contribution in [3.8, 4) is 11.3 Å². The molecule has 5 nitrogen and oxygen atoms in total. The summed E-state index contributed by atoms with van der Waals surface area (Å²) in [6.45, 7) is 1.10. The predicted molar refractivity (Wildman–Crippen MR) is 83.6 cm³/mol. The monoisotopic (exact) mass is 317 g/mol. The lowest BCUT2D eigenvalue weighted by atomic mass is 10.1. The van der Waals surface area contributed by atoms with Crippen LogP contribution in [0.1, 0.15) is 23.3 Å². The van der Waals surface area contributed by atoms with Crippen molar-refractivity contribution < 1.29 is 9.90 Å². The molecule has 22 heavy (non-hydrogen) atoms. The Balaban J connectivity index is 1.83. The second-order valence-corrected chi connectivity index (χ2v) is 5.76. The Kier molecular flexibility index (Phi) is 4.36. The van der Waals surface area contributed by atoms with Crippen molar-refractivity contribution >= 4 is 17.5 Å². The standard InChI is InChI=1S/C16H16ClN3O2/c17-12-3-1-2-11(8-12)14-9-15(19-10-18-14)16(22)20-6-4-13(21)5-7-20/h1-3,8-10,13,21H,4-7H2. The van der Waals surface area contributed by atoms with Crippen LogP contribution in [0.4, 0.5) is 0 Å². The van der Waals surface area contributed by atoms with Crippen molar-refractivity contribution in [2.24, 2.45) is 0 Å². The van der Waals surface area contributed by atoms with Crippen molar-refractivity contribution in [3.63, 3.8) is 0 Å². The first kappa shape index (κ1) is 14.9. The summed E-state index contributed by atoms with van der Waals surface area (Å²) in [4.78, 5) is 22.5. The Labute approximate surface area is 133 Å². The molecule has 0 unspecified atom stereocenters. The summed E-state index contributed by atoms with van der Waals surface area (Å²) < 4.78 is 0. The van der Waals surface area contributed by atoms with E-state index in [9.17, 15) is 9.90 Å². The molecule has 0 bridgehead atoms. The van der Waals surface area contributed by atoms with Crippen LogP contribution in [-0.2, 0) is 0 Å². The number of carbonyl (C=O) groups is 1. The molecule has 1 aromatic heterocycles. The Morgan fingerprint density at radius 1 is 1.23 bits per heavy atom. The quantitative estimate of drug-likeness (QED) is 0.923. The number of aliphatic hydroxyl groups is 1. The zero-order chi connectivity index (χ0) is 15.5. The molecule has 0 aliphatic carbocycles. The first-order valence-corrected chi connectivity index (χ1v) is 7.56. The average molecular weight is 318 g/mol. The van der Waals surface area contributed by atoms with E-state index < -0.39 is 0 Å². The SMILES string of the molecule is O=C(c1cc(-c2cccc(Cl)c2)ncn1)N1CCC(O)CC1. The lowest BCUT2D eigenvalue weighted by Crippen LogP contribution is -2.40. The van der Waals surface area contributed by atoms with Gasteiger partial charge in [-0.3, -0.25) is 4.79 Å². The van der Waals surface area contributed by atoms with Gasteiger partial charge < -0.3 is 10.0 Å². The number of aromatic nitrogens is 2. The summed E-state index contributed by atoms with van der Waals surface area (Å²) in [5, 5.41) is 10.1. The molecule has 1 aliphatic heterocycles. The van der Waals surface area contributed by atoms with E-state index in [1.165, 1.54) is 6.33 Å². The highest BCUT2D eigenvalue weighted by Crippen LogP contribution is 2.21. The molecule has 2 heterocycles. The summed E-state index contributed by atoms with van der Waals surface area (Å²) in [5.74, 6) is -0.127. The number of halogens is 1. The molecule has 1 fully saturated rings. The van der Waals surface area contributed by atoms with Gasteiger partial charge in [0, 0.05) is 23.7 Å². The summed E-state index contributed by atoms with van der Waals surface area (Å²) in [7, 11) is 0. The number of likely N-dealkylation sites (tertiary alicyclic amines) is 1. The minimum absolute atomic E-state index is 0.127. The van der Waals surface area contributed by atoms with Crippen molar-refractivity contribution in [1.82, 2.24) is 14.9 Å². The van der Waals surface area contributed by atoms with E-state index in [-0.39, 0.29) is 12.0 Å². The molecule has 0 radical (unpaired) electrons. The number of piperidine rings is 1. The van der Waals surface area contributed by atoms with Crippen molar-refractivity contribution in [2.45, 2.75) is 18.9 Å². The zero-order valence-electron chi connectivity index (χ0n) is 11.9. The Morgan fingerprint density at radius 3 is 2.73 bits per heavy atom. The van der Waals surface area contributed by atoms with Crippen LogP contribution in [-0.4, -0.2) is 45.1 Å². The molecule has 0 spiro atoms. The minimum atomic E-state index is -0.309. The smallest absolute Gasteiger partial charge is 0.272 e. The number of rotatable bonds is 2. The van der Waals surface area contributed by atoms with Crippen LogP contribution < -0.4 is 0 Å². The van der Waals surface area contributed by atoms with E-state index in [0.717, 1.165) is 5.56 Å². The van der Waals surface area contributed by atoms with E-state index in [0.29, 0.717) is 42.3 Å². The maximum atomic E-state index is 12.5. The molecule has 0 atom stereocenters. The van der Waals surface area contributed by atoms with E-state index >= 15 is 0 Å². The fourth-order valence-corrected chi connectivity index (χ4v) is 2.70. The van der Waals surface area contributed by atoms with Crippen LogP contribution in [0.2, 0.25) is 5.02 Å². The summed E-state index contributed by atoms with van der Waals surface area (Å²) in [5.41, 5.74) is 1.87.